The summed E-state index contributed by atoms with van der Waals surface area (Å²) >= 11 is 0. The molecule has 7 rings (SSSR count). The number of aromatic nitrogens is 2. The molecule has 0 saturated carbocycles. The second kappa shape index (κ2) is 14.5. The zero-order valence-corrected chi connectivity index (χ0v) is 27.9. The van der Waals surface area contributed by atoms with Crippen LogP contribution in [-0.4, -0.2) is 21.3 Å². The van der Waals surface area contributed by atoms with Gasteiger partial charge in [0, 0.05) is 29.1 Å². The van der Waals surface area contributed by atoms with Crippen molar-refractivity contribution in [2.24, 2.45) is 0 Å². The van der Waals surface area contributed by atoms with Crippen molar-refractivity contribution in [1.82, 2.24) is 9.55 Å². The number of nitrogens with zero attached hydrogens (tertiary/aromatic N) is 3. The molecule has 1 unspecified atom stereocenters. The van der Waals surface area contributed by atoms with Crippen LogP contribution >= 0.6 is 0 Å². The van der Waals surface area contributed by atoms with Gasteiger partial charge in [-0.2, -0.15) is 5.26 Å². The fourth-order valence-corrected chi connectivity index (χ4v) is 6.72. The van der Waals surface area contributed by atoms with E-state index in [1.54, 1.807) is 30.3 Å². The molecule has 1 aromatic heterocycles. The number of nitrogens with one attached hydrogen (secondary N) is 1. The van der Waals surface area contributed by atoms with Gasteiger partial charge in [0.25, 0.3) is 0 Å². The van der Waals surface area contributed by atoms with Gasteiger partial charge in [-0.05, 0) is 53.9 Å². The van der Waals surface area contributed by atoms with Crippen molar-refractivity contribution in [3.63, 3.8) is 0 Å². The topological polar surface area (TPSA) is 83.1 Å². The molecule has 0 aliphatic rings. The molecular formula is C44H35FN4O2. The SMILES string of the molecule is CCOc1cc(O)c(F)c(C(Nc2ccc(C#N)cc2)c2nc(-c3ccccc3)cn2C(c2ccccc2)(c2ccccc2)c2ccccc2)c1. The maximum atomic E-state index is 16.5. The first-order valence-corrected chi connectivity index (χ1v) is 16.8. The molecule has 2 N–H and O–H groups in total. The van der Waals surface area contributed by atoms with E-state index in [0.29, 0.717) is 35.1 Å². The average molecular weight is 671 g/mol. The summed E-state index contributed by atoms with van der Waals surface area (Å²) in [6, 6.07) is 51.5. The Kier molecular flexibility index (Phi) is 9.32. The van der Waals surface area contributed by atoms with Crippen molar-refractivity contribution in [3.05, 3.63) is 203 Å². The zero-order valence-electron chi connectivity index (χ0n) is 27.9. The molecule has 7 aromatic rings. The number of rotatable bonds is 11. The minimum atomic E-state index is -1.00. The Labute approximate surface area is 296 Å². The number of benzene rings is 6. The summed E-state index contributed by atoms with van der Waals surface area (Å²) in [5, 5.41) is 24.0. The van der Waals surface area contributed by atoms with Crippen LogP contribution < -0.4 is 10.1 Å². The predicted molar refractivity (Wildman–Crippen MR) is 198 cm³/mol. The monoisotopic (exact) mass is 670 g/mol. The van der Waals surface area contributed by atoms with E-state index in [4.69, 9.17) is 9.72 Å². The zero-order chi connectivity index (χ0) is 35.2. The molecule has 1 atom stereocenters. The second-order valence-corrected chi connectivity index (χ2v) is 12.1. The lowest BCUT2D eigenvalue weighted by molar-refractivity contribution is 0.334. The van der Waals surface area contributed by atoms with Crippen LogP contribution in [0.25, 0.3) is 11.3 Å². The molecule has 250 valence electrons. The van der Waals surface area contributed by atoms with Crippen LogP contribution in [-0.2, 0) is 5.54 Å². The van der Waals surface area contributed by atoms with Crippen LogP contribution in [0.4, 0.5) is 10.1 Å². The second-order valence-electron chi connectivity index (χ2n) is 12.1. The fraction of sp³-hybridized carbons (Fsp3) is 0.0909. The number of hydrogen-bond donors (Lipinski definition) is 2. The number of aromatic hydroxyl groups is 1. The summed E-state index contributed by atoms with van der Waals surface area (Å²) < 4.78 is 24.4. The molecule has 1 heterocycles. The standard InChI is InChI=1S/C44H35FN4O2/c1-2-51-37-27-38(41(45)40(50)28-37)42(47-36-25-23-31(29-46)24-26-36)43-48-39(32-15-7-3-8-16-32)30-49(43)44(33-17-9-4-10-18-33,34-19-11-5-12-20-34)35-21-13-6-14-22-35/h3-28,30,42,47,50H,2H2,1H3. The normalized spacial score (nSPS) is 11.8. The van der Waals surface area contributed by atoms with E-state index in [2.05, 4.69) is 52.4 Å². The Balaban J connectivity index is 1.61. The summed E-state index contributed by atoms with van der Waals surface area (Å²) in [6.45, 7) is 2.16. The Morgan fingerprint density at radius 1 is 0.784 bits per heavy atom. The lowest BCUT2D eigenvalue weighted by Gasteiger charge is -2.39. The molecule has 0 saturated heterocycles. The number of nitriles is 1. The van der Waals surface area contributed by atoms with Crippen molar-refractivity contribution < 1.29 is 14.2 Å². The molecule has 0 aliphatic carbocycles. The number of hydrogen-bond acceptors (Lipinski definition) is 5. The molecule has 0 bridgehead atoms. The number of phenols is 1. The third kappa shape index (κ3) is 6.31. The van der Waals surface area contributed by atoms with E-state index in [-0.39, 0.29) is 5.56 Å². The van der Waals surface area contributed by atoms with E-state index in [1.165, 1.54) is 6.07 Å². The van der Waals surface area contributed by atoms with E-state index >= 15 is 4.39 Å². The smallest absolute Gasteiger partial charge is 0.170 e. The summed E-state index contributed by atoms with van der Waals surface area (Å²) in [7, 11) is 0. The van der Waals surface area contributed by atoms with Gasteiger partial charge in [-0.15, -0.1) is 0 Å². The highest BCUT2D eigenvalue weighted by atomic mass is 19.1. The first-order valence-electron chi connectivity index (χ1n) is 16.8. The fourth-order valence-electron chi connectivity index (χ4n) is 6.72. The Morgan fingerprint density at radius 3 is 1.82 bits per heavy atom. The summed E-state index contributed by atoms with van der Waals surface area (Å²) in [6.07, 6.45) is 2.02. The number of halogens is 1. The highest BCUT2D eigenvalue weighted by Gasteiger charge is 2.42. The summed E-state index contributed by atoms with van der Waals surface area (Å²) in [5.74, 6) is -0.545. The third-order valence-electron chi connectivity index (χ3n) is 9.00. The molecule has 51 heavy (non-hydrogen) atoms. The molecule has 0 fully saturated rings. The quantitative estimate of drug-likeness (QED) is 0.134. The lowest BCUT2D eigenvalue weighted by atomic mass is 9.76. The molecule has 0 radical (unpaired) electrons. The van der Waals surface area contributed by atoms with Gasteiger partial charge in [0.15, 0.2) is 11.6 Å². The van der Waals surface area contributed by atoms with Gasteiger partial charge in [-0.3, -0.25) is 0 Å². The van der Waals surface area contributed by atoms with E-state index < -0.39 is 23.1 Å². The number of anilines is 1. The first-order chi connectivity index (χ1) is 25.0. The summed E-state index contributed by atoms with van der Waals surface area (Å²) in [4.78, 5) is 5.33. The van der Waals surface area contributed by atoms with Crippen LogP contribution in [0.2, 0.25) is 0 Å². The van der Waals surface area contributed by atoms with E-state index in [1.807, 2.05) is 98.0 Å². The number of imidazole rings is 1. The van der Waals surface area contributed by atoms with Gasteiger partial charge in [0.1, 0.15) is 23.2 Å². The van der Waals surface area contributed by atoms with Crippen LogP contribution in [0.15, 0.2) is 164 Å². The van der Waals surface area contributed by atoms with Crippen molar-refractivity contribution in [3.8, 4) is 28.8 Å². The maximum Gasteiger partial charge on any atom is 0.170 e. The van der Waals surface area contributed by atoms with Gasteiger partial charge in [-0.1, -0.05) is 121 Å². The molecular weight excluding hydrogens is 636 g/mol. The lowest BCUT2D eigenvalue weighted by Crippen LogP contribution is -2.39. The van der Waals surface area contributed by atoms with Gasteiger partial charge in [0.2, 0.25) is 0 Å². The highest BCUT2D eigenvalue weighted by Crippen LogP contribution is 2.45. The van der Waals surface area contributed by atoms with Crippen LogP contribution in [0.3, 0.4) is 0 Å². The molecule has 7 heteroatoms. The van der Waals surface area contributed by atoms with Gasteiger partial charge >= 0.3 is 0 Å². The largest absolute Gasteiger partial charge is 0.505 e. The minimum Gasteiger partial charge on any atom is -0.505 e. The van der Waals surface area contributed by atoms with Crippen LogP contribution in [0.5, 0.6) is 11.5 Å². The van der Waals surface area contributed by atoms with Crippen molar-refractivity contribution >= 4 is 5.69 Å². The maximum absolute atomic E-state index is 16.5. The van der Waals surface area contributed by atoms with E-state index in [9.17, 15) is 10.4 Å². The van der Waals surface area contributed by atoms with E-state index in [0.717, 1.165) is 22.3 Å². The predicted octanol–water partition coefficient (Wildman–Crippen LogP) is 9.71. The third-order valence-corrected chi connectivity index (χ3v) is 9.00. The Hall–Kier alpha value is -6.65. The Morgan fingerprint density at radius 2 is 1.31 bits per heavy atom. The molecule has 0 amide bonds. The van der Waals surface area contributed by atoms with Crippen LogP contribution in [0.1, 0.15) is 46.6 Å². The number of phenolic OH excluding ortho intramolecular Hbond substituents is 1. The van der Waals surface area contributed by atoms with Crippen LogP contribution in [0, 0.1) is 17.1 Å². The van der Waals surface area contributed by atoms with Gasteiger partial charge in [0.05, 0.1) is 23.9 Å². The van der Waals surface area contributed by atoms with Crippen molar-refractivity contribution in [2.75, 3.05) is 11.9 Å². The number of ether oxygens (including phenoxy) is 1. The average Bonchev–Trinajstić information content (AvgIpc) is 3.63. The minimum absolute atomic E-state index is 0.136. The molecule has 6 nitrogen and oxygen atoms in total. The molecule has 6 aromatic carbocycles. The summed E-state index contributed by atoms with van der Waals surface area (Å²) in [5.41, 5.74) is 4.69. The highest BCUT2D eigenvalue weighted by molar-refractivity contribution is 5.62. The molecule has 0 spiro atoms. The van der Waals surface area contributed by atoms with Crippen molar-refractivity contribution in [1.29, 1.82) is 5.26 Å². The molecule has 0 aliphatic heterocycles. The van der Waals surface area contributed by atoms with Gasteiger partial charge in [-0.25, -0.2) is 9.37 Å². The Bertz CT molecular complexity index is 2170. The first kappa shape index (κ1) is 32.9. The van der Waals surface area contributed by atoms with Crippen molar-refractivity contribution in [2.45, 2.75) is 18.5 Å². The van der Waals surface area contributed by atoms with Gasteiger partial charge < -0.3 is 19.7 Å².